The normalized spacial score (nSPS) is 12.2. The number of imidazole rings is 1. The molecule has 0 fully saturated rings. The molecule has 3 heterocycles. The van der Waals surface area contributed by atoms with Crippen LogP contribution in [-0.2, 0) is 11.3 Å². The molecule has 1 aliphatic rings. The van der Waals surface area contributed by atoms with E-state index in [1.165, 1.54) is 0 Å². The van der Waals surface area contributed by atoms with Crippen molar-refractivity contribution in [1.82, 2.24) is 19.5 Å². The average molecular weight is 427 g/mol. The Morgan fingerprint density at radius 1 is 1.06 bits per heavy atom. The van der Waals surface area contributed by atoms with Crippen molar-refractivity contribution in [2.75, 3.05) is 18.7 Å². The number of ether oxygens (including phenoxy) is 1. The second kappa shape index (κ2) is 8.22. The van der Waals surface area contributed by atoms with Crippen molar-refractivity contribution in [1.29, 1.82) is 5.26 Å². The molecule has 0 bridgehead atoms. The summed E-state index contributed by atoms with van der Waals surface area (Å²) in [7, 11) is 1.68. The second-order valence-corrected chi connectivity index (χ2v) is 8.09. The van der Waals surface area contributed by atoms with Crippen molar-refractivity contribution in [2.24, 2.45) is 0 Å². The molecule has 31 heavy (non-hydrogen) atoms. The molecule has 0 spiro atoms. The third-order valence-corrected chi connectivity index (χ3v) is 6.04. The lowest BCUT2D eigenvalue weighted by atomic mass is 10.1. The van der Waals surface area contributed by atoms with Crippen LogP contribution in [-0.4, -0.2) is 33.4 Å². The van der Waals surface area contributed by atoms with Crippen LogP contribution in [0.5, 0.6) is 0 Å². The zero-order valence-corrected chi connectivity index (χ0v) is 17.6. The summed E-state index contributed by atoms with van der Waals surface area (Å²) in [5, 5.41) is 9.84. The fourth-order valence-corrected chi connectivity index (χ4v) is 4.52. The van der Waals surface area contributed by atoms with Gasteiger partial charge in [-0.05, 0) is 29.8 Å². The third-order valence-electron chi connectivity index (χ3n) is 4.99. The molecule has 4 aromatic rings. The minimum atomic E-state index is 0.399. The molecular formula is C23H18N6OS. The molecule has 5 rings (SSSR count). The number of rotatable bonds is 5. The molecule has 2 aromatic heterocycles. The van der Waals surface area contributed by atoms with Gasteiger partial charge in [-0.3, -0.25) is 4.90 Å². The van der Waals surface area contributed by atoms with E-state index in [1.807, 2.05) is 29.6 Å². The standard InChI is InChI=1S/C23H18N6OS/c1-30-15-29-20-10-17(4-7-21(20)31-23-22(29)25-8-9-26-23)12-28-13-19(27-14-28)18-5-2-16(11-24)3-6-18/h2-10,13-14H,12,15H2,1H3. The highest BCUT2D eigenvalue weighted by atomic mass is 32.2. The van der Waals surface area contributed by atoms with Gasteiger partial charge in [0.1, 0.15) is 11.8 Å². The van der Waals surface area contributed by atoms with Crippen molar-refractivity contribution in [3.63, 3.8) is 0 Å². The predicted octanol–water partition coefficient (Wildman–Crippen LogP) is 4.47. The van der Waals surface area contributed by atoms with Crippen LogP contribution >= 0.6 is 11.8 Å². The molecule has 2 aromatic carbocycles. The number of anilines is 2. The first-order valence-electron chi connectivity index (χ1n) is 9.66. The van der Waals surface area contributed by atoms with E-state index >= 15 is 0 Å². The predicted molar refractivity (Wildman–Crippen MR) is 118 cm³/mol. The molecule has 0 N–H and O–H groups in total. The highest BCUT2D eigenvalue weighted by Gasteiger charge is 2.25. The maximum absolute atomic E-state index is 8.97. The van der Waals surface area contributed by atoms with Crippen LogP contribution in [0.3, 0.4) is 0 Å². The zero-order chi connectivity index (χ0) is 21.2. The highest BCUT2D eigenvalue weighted by Crippen LogP contribution is 2.46. The van der Waals surface area contributed by atoms with E-state index in [1.54, 1.807) is 43.4 Å². The van der Waals surface area contributed by atoms with E-state index in [9.17, 15) is 0 Å². The fraction of sp³-hybridized carbons (Fsp3) is 0.130. The smallest absolute Gasteiger partial charge is 0.168 e. The largest absolute Gasteiger partial charge is 0.364 e. The van der Waals surface area contributed by atoms with Crippen molar-refractivity contribution in [2.45, 2.75) is 16.5 Å². The summed E-state index contributed by atoms with van der Waals surface area (Å²) in [6, 6.07) is 16.0. The van der Waals surface area contributed by atoms with Gasteiger partial charge in [-0.25, -0.2) is 15.0 Å². The lowest BCUT2D eigenvalue weighted by Gasteiger charge is -2.30. The third kappa shape index (κ3) is 3.77. The molecule has 0 aliphatic carbocycles. The summed E-state index contributed by atoms with van der Waals surface area (Å²) in [6.07, 6.45) is 7.26. The number of fused-ring (bicyclic) bond motifs is 2. The summed E-state index contributed by atoms with van der Waals surface area (Å²) in [5.74, 6) is 0.810. The Balaban J connectivity index is 1.41. The van der Waals surface area contributed by atoms with Gasteiger partial charge in [-0.2, -0.15) is 5.26 Å². The van der Waals surface area contributed by atoms with Gasteiger partial charge in [-0.1, -0.05) is 30.0 Å². The summed E-state index contributed by atoms with van der Waals surface area (Å²) < 4.78 is 7.49. The molecule has 0 amide bonds. The topological polar surface area (TPSA) is 79.9 Å². The second-order valence-electron chi connectivity index (χ2n) is 7.06. The first-order valence-corrected chi connectivity index (χ1v) is 10.5. The van der Waals surface area contributed by atoms with Gasteiger partial charge in [0.05, 0.1) is 29.3 Å². The van der Waals surface area contributed by atoms with Crippen LogP contribution in [0.25, 0.3) is 11.3 Å². The maximum Gasteiger partial charge on any atom is 0.168 e. The Bertz CT molecular complexity index is 1280. The van der Waals surface area contributed by atoms with Gasteiger partial charge < -0.3 is 9.30 Å². The fourth-order valence-electron chi connectivity index (χ4n) is 3.53. The Labute approximate surface area is 184 Å². The molecule has 0 radical (unpaired) electrons. The summed E-state index contributed by atoms with van der Waals surface area (Å²) in [4.78, 5) is 16.7. The number of aromatic nitrogens is 4. The van der Waals surface area contributed by atoms with E-state index in [0.717, 1.165) is 38.2 Å². The summed E-state index contributed by atoms with van der Waals surface area (Å²) in [5.41, 5.74) is 4.72. The van der Waals surface area contributed by atoms with E-state index in [2.05, 4.69) is 43.8 Å². The van der Waals surface area contributed by atoms with Crippen molar-refractivity contribution in [3.8, 4) is 17.3 Å². The highest BCUT2D eigenvalue weighted by molar-refractivity contribution is 7.99. The number of benzene rings is 2. The van der Waals surface area contributed by atoms with Gasteiger partial charge >= 0.3 is 0 Å². The zero-order valence-electron chi connectivity index (χ0n) is 16.8. The molecule has 8 heteroatoms. The molecule has 7 nitrogen and oxygen atoms in total. The molecule has 0 saturated carbocycles. The van der Waals surface area contributed by atoms with E-state index < -0.39 is 0 Å². The van der Waals surface area contributed by atoms with Crippen molar-refractivity contribution >= 4 is 23.3 Å². The molecule has 0 saturated heterocycles. The molecule has 152 valence electrons. The number of hydrogen-bond donors (Lipinski definition) is 0. The minimum absolute atomic E-state index is 0.399. The Kier molecular flexibility index (Phi) is 5.12. The van der Waals surface area contributed by atoms with Crippen molar-refractivity contribution < 1.29 is 4.74 Å². The lowest BCUT2D eigenvalue weighted by Crippen LogP contribution is -2.24. The SMILES string of the molecule is COCN1c2cc(Cn3cnc(-c4ccc(C#N)cc4)c3)ccc2Sc2nccnc21. The van der Waals surface area contributed by atoms with Gasteiger partial charge in [0, 0.05) is 42.7 Å². The average Bonchev–Trinajstić information content (AvgIpc) is 3.28. The van der Waals surface area contributed by atoms with Crippen molar-refractivity contribution in [3.05, 3.63) is 78.5 Å². The molecule has 1 aliphatic heterocycles. The Morgan fingerprint density at radius 3 is 2.71 bits per heavy atom. The minimum Gasteiger partial charge on any atom is -0.364 e. The Hall–Kier alpha value is -3.67. The van der Waals surface area contributed by atoms with Crippen LogP contribution in [0.2, 0.25) is 0 Å². The number of nitrogens with zero attached hydrogens (tertiary/aromatic N) is 6. The maximum atomic E-state index is 8.97. The quantitative estimate of drug-likeness (QED) is 0.466. The van der Waals surface area contributed by atoms with Crippen LogP contribution < -0.4 is 4.90 Å². The van der Waals surface area contributed by atoms with Gasteiger partial charge in [-0.15, -0.1) is 0 Å². The van der Waals surface area contributed by atoms with Crippen LogP contribution in [0, 0.1) is 11.3 Å². The van der Waals surface area contributed by atoms with Crippen LogP contribution in [0.1, 0.15) is 11.1 Å². The van der Waals surface area contributed by atoms with Gasteiger partial charge in [0.2, 0.25) is 0 Å². The van der Waals surface area contributed by atoms with Crippen LogP contribution in [0.15, 0.2) is 77.3 Å². The van der Waals surface area contributed by atoms with E-state index in [4.69, 9.17) is 10.00 Å². The van der Waals surface area contributed by atoms with Gasteiger partial charge in [0.15, 0.2) is 5.82 Å². The molecule has 0 unspecified atom stereocenters. The number of nitriles is 1. The first kappa shape index (κ1) is 19.3. The molecule has 0 atom stereocenters. The summed E-state index contributed by atoms with van der Waals surface area (Å²) >= 11 is 1.62. The number of methoxy groups -OCH3 is 1. The summed E-state index contributed by atoms with van der Waals surface area (Å²) in [6.45, 7) is 1.09. The lowest BCUT2D eigenvalue weighted by molar-refractivity contribution is 0.204. The number of hydrogen-bond acceptors (Lipinski definition) is 7. The van der Waals surface area contributed by atoms with E-state index in [0.29, 0.717) is 18.8 Å². The van der Waals surface area contributed by atoms with Crippen LogP contribution in [0.4, 0.5) is 11.5 Å². The Morgan fingerprint density at radius 2 is 1.90 bits per heavy atom. The molecular weight excluding hydrogens is 408 g/mol. The monoisotopic (exact) mass is 426 g/mol. The van der Waals surface area contributed by atoms with E-state index in [-0.39, 0.29) is 0 Å². The first-order chi connectivity index (χ1) is 15.2. The van der Waals surface area contributed by atoms with Gasteiger partial charge in [0.25, 0.3) is 0 Å².